The average molecular weight is 663 g/mol. The van der Waals surface area contributed by atoms with E-state index < -0.39 is 18.0 Å². The third kappa shape index (κ3) is 6.12. The maximum Gasteiger partial charge on any atom is 0.338 e. The number of rotatable bonds is 9. The molecule has 0 bridgehead atoms. The van der Waals surface area contributed by atoms with Gasteiger partial charge < -0.3 is 14.2 Å². The monoisotopic (exact) mass is 662 g/mol. The van der Waals surface area contributed by atoms with Gasteiger partial charge in [0.1, 0.15) is 11.4 Å². The highest BCUT2D eigenvalue weighted by Gasteiger charge is 2.33. The number of fused-ring (bicyclic) bond motifs is 1. The van der Waals surface area contributed by atoms with Crippen LogP contribution in [0, 0.1) is 6.92 Å². The average Bonchev–Trinajstić information content (AvgIpc) is 3.67. The van der Waals surface area contributed by atoms with Crippen molar-refractivity contribution in [1.29, 1.82) is 0 Å². The van der Waals surface area contributed by atoms with Crippen LogP contribution in [0.2, 0.25) is 0 Å². The summed E-state index contributed by atoms with van der Waals surface area (Å²) in [7, 11) is 2.60. The smallest absolute Gasteiger partial charge is 0.338 e. The molecule has 11 heteroatoms. The van der Waals surface area contributed by atoms with E-state index in [1.165, 1.54) is 30.1 Å². The normalized spacial score (nSPS) is 14.4. The highest BCUT2D eigenvalue weighted by atomic mass is 32.1. The molecular formula is C37H34N4O6S. The number of hydrogen-bond donors (Lipinski definition) is 0. The molecule has 0 saturated carbocycles. The van der Waals surface area contributed by atoms with Crippen LogP contribution < -0.4 is 19.6 Å². The van der Waals surface area contributed by atoms with E-state index in [2.05, 4.69) is 11.9 Å². The van der Waals surface area contributed by atoms with Gasteiger partial charge in [-0.15, -0.1) is 0 Å². The summed E-state index contributed by atoms with van der Waals surface area (Å²) < 4.78 is 19.6. The zero-order valence-electron chi connectivity index (χ0n) is 27.2. The van der Waals surface area contributed by atoms with E-state index in [0.717, 1.165) is 34.5 Å². The van der Waals surface area contributed by atoms with Crippen molar-refractivity contribution in [2.45, 2.75) is 33.2 Å². The first-order valence-electron chi connectivity index (χ1n) is 15.4. The first kappa shape index (κ1) is 32.4. The Morgan fingerprint density at radius 2 is 1.69 bits per heavy atom. The number of nitrogens with zero attached hydrogens (tertiary/aromatic N) is 4. The summed E-state index contributed by atoms with van der Waals surface area (Å²) in [6.45, 7) is 6.41. The molecule has 10 nitrogen and oxygen atoms in total. The maximum absolute atomic E-state index is 14.3. The fourth-order valence-electron chi connectivity index (χ4n) is 5.67. The number of hydrogen-bond acceptors (Lipinski definition) is 9. The Balaban J connectivity index is 1.52. The Labute approximate surface area is 280 Å². The molecule has 0 N–H and O–H groups in total. The summed E-state index contributed by atoms with van der Waals surface area (Å²) in [5.41, 5.74) is 5.45. The van der Waals surface area contributed by atoms with Crippen LogP contribution in [0.25, 0.3) is 23.0 Å². The Hall–Kier alpha value is -5.55. The van der Waals surface area contributed by atoms with Crippen LogP contribution in [0.15, 0.2) is 100 Å². The predicted octanol–water partition coefficient (Wildman–Crippen LogP) is 5.14. The molecule has 6 rings (SSSR count). The van der Waals surface area contributed by atoms with E-state index in [4.69, 9.17) is 19.3 Å². The van der Waals surface area contributed by atoms with E-state index in [1.54, 1.807) is 35.9 Å². The van der Waals surface area contributed by atoms with Crippen molar-refractivity contribution < 1.29 is 23.8 Å². The SMILES string of the molecule is CCCOc1ccc(-c2nn(-c3ccccc3)cc2/C=c2\sc3n(c2=O)[C@@H](c2ccc(C(=O)OC)cc2)C(C(=O)OC)=C(C)N=3)cc1C. The quantitative estimate of drug-likeness (QED) is 0.201. The summed E-state index contributed by atoms with van der Waals surface area (Å²) in [6, 6.07) is 21.5. The van der Waals surface area contributed by atoms with Crippen molar-refractivity contribution in [3.05, 3.63) is 132 Å². The molecule has 0 aliphatic carbocycles. The topological polar surface area (TPSA) is 114 Å². The Kier molecular flexibility index (Phi) is 9.22. The number of esters is 2. The lowest BCUT2D eigenvalue weighted by Gasteiger charge is -2.24. The fraction of sp³-hybridized carbons (Fsp3) is 0.216. The van der Waals surface area contributed by atoms with Crippen LogP contribution in [-0.4, -0.2) is 47.1 Å². The summed E-state index contributed by atoms with van der Waals surface area (Å²) in [5, 5.41) is 4.95. The Morgan fingerprint density at radius 1 is 0.958 bits per heavy atom. The minimum atomic E-state index is -0.827. The zero-order valence-corrected chi connectivity index (χ0v) is 28.0. The van der Waals surface area contributed by atoms with Gasteiger partial charge in [-0.05, 0) is 79.9 Å². The second-order valence-electron chi connectivity index (χ2n) is 11.2. The van der Waals surface area contributed by atoms with Crippen LogP contribution in [0.3, 0.4) is 0 Å². The second kappa shape index (κ2) is 13.7. The number of aryl methyl sites for hydroxylation is 1. The van der Waals surface area contributed by atoms with Gasteiger partial charge in [-0.2, -0.15) is 5.10 Å². The third-order valence-electron chi connectivity index (χ3n) is 8.03. The molecule has 0 saturated heterocycles. The van der Waals surface area contributed by atoms with Crippen molar-refractivity contribution in [1.82, 2.24) is 14.3 Å². The van der Waals surface area contributed by atoms with Crippen LogP contribution in [0.1, 0.15) is 53.4 Å². The molecule has 1 aliphatic heterocycles. The van der Waals surface area contributed by atoms with Gasteiger partial charge in [-0.1, -0.05) is 48.6 Å². The van der Waals surface area contributed by atoms with E-state index in [9.17, 15) is 14.4 Å². The van der Waals surface area contributed by atoms with Gasteiger partial charge >= 0.3 is 11.9 Å². The van der Waals surface area contributed by atoms with E-state index in [0.29, 0.717) is 38.5 Å². The number of ether oxygens (including phenoxy) is 3. The molecule has 0 amide bonds. The molecule has 2 aromatic heterocycles. The molecule has 3 heterocycles. The number of benzene rings is 3. The molecule has 5 aromatic rings. The molecule has 0 unspecified atom stereocenters. The highest BCUT2D eigenvalue weighted by molar-refractivity contribution is 7.07. The molecule has 1 aliphatic rings. The molecule has 244 valence electrons. The number of carbonyl (C=O) groups is 2. The zero-order chi connectivity index (χ0) is 33.9. The van der Waals surface area contributed by atoms with Gasteiger partial charge in [0.2, 0.25) is 0 Å². The lowest BCUT2D eigenvalue weighted by molar-refractivity contribution is -0.136. The predicted molar refractivity (Wildman–Crippen MR) is 183 cm³/mol. The Bertz CT molecular complexity index is 2230. The Morgan fingerprint density at radius 3 is 2.35 bits per heavy atom. The van der Waals surface area contributed by atoms with Crippen molar-refractivity contribution in [2.75, 3.05) is 20.8 Å². The lowest BCUT2D eigenvalue weighted by atomic mass is 9.95. The highest BCUT2D eigenvalue weighted by Crippen LogP contribution is 2.32. The number of aromatic nitrogens is 3. The minimum absolute atomic E-state index is 0.237. The van der Waals surface area contributed by atoms with Gasteiger partial charge in [0.25, 0.3) is 5.56 Å². The van der Waals surface area contributed by atoms with Crippen molar-refractivity contribution in [3.8, 4) is 22.7 Å². The standard InChI is InChI=1S/C37H34N4O6S/c1-6-18-47-29-17-16-26(19-22(29)2)32-27(21-40(39-32)28-10-8-7-9-11-28)20-30-34(42)41-33(24-12-14-25(15-13-24)35(43)45-4)31(36(44)46-5)23(3)38-37(41)48-30/h7-17,19-21,33H,6,18H2,1-5H3/b30-20-/t33-/m0/s1. The number of allylic oxidation sites excluding steroid dienone is 1. The van der Waals surface area contributed by atoms with Crippen molar-refractivity contribution >= 4 is 29.4 Å². The van der Waals surface area contributed by atoms with E-state index in [1.807, 2.05) is 67.7 Å². The van der Waals surface area contributed by atoms with Crippen LogP contribution in [-0.2, 0) is 14.3 Å². The fourth-order valence-corrected chi connectivity index (χ4v) is 6.71. The van der Waals surface area contributed by atoms with E-state index >= 15 is 0 Å². The van der Waals surface area contributed by atoms with Gasteiger partial charge in [0, 0.05) is 17.3 Å². The molecular weight excluding hydrogens is 628 g/mol. The number of thiazole rings is 1. The van der Waals surface area contributed by atoms with Crippen LogP contribution >= 0.6 is 11.3 Å². The van der Waals surface area contributed by atoms with Gasteiger partial charge in [0.05, 0.1) is 53.9 Å². The summed E-state index contributed by atoms with van der Waals surface area (Å²) in [6.07, 6.45) is 4.62. The summed E-state index contributed by atoms with van der Waals surface area (Å²) in [4.78, 5) is 44.6. The first-order chi connectivity index (χ1) is 23.2. The lowest BCUT2D eigenvalue weighted by Crippen LogP contribution is -2.39. The van der Waals surface area contributed by atoms with E-state index in [-0.39, 0.29) is 11.1 Å². The molecule has 0 radical (unpaired) electrons. The summed E-state index contributed by atoms with van der Waals surface area (Å²) in [5.74, 6) is -0.273. The van der Waals surface area contributed by atoms with Crippen molar-refractivity contribution in [3.63, 3.8) is 0 Å². The molecule has 48 heavy (non-hydrogen) atoms. The van der Waals surface area contributed by atoms with Crippen LogP contribution in [0.5, 0.6) is 5.75 Å². The van der Waals surface area contributed by atoms with Crippen molar-refractivity contribution in [2.24, 2.45) is 4.99 Å². The number of carbonyl (C=O) groups excluding carboxylic acids is 2. The second-order valence-corrected chi connectivity index (χ2v) is 12.2. The van der Waals surface area contributed by atoms with Gasteiger partial charge in [-0.3, -0.25) is 9.36 Å². The minimum Gasteiger partial charge on any atom is -0.493 e. The number of para-hydroxylation sites is 1. The van der Waals surface area contributed by atoms with Gasteiger partial charge in [0.15, 0.2) is 4.80 Å². The first-order valence-corrected chi connectivity index (χ1v) is 16.2. The molecule has 0 fully saturated rings. The molecule has 1 atom stereocenters. The summed E-state index contributed by atoms with van der Waals surface area (Å²) >= 11 is 1.23. The maximum atomic E-state index is 14.3. The molecule has 0 spiro atoms. The molecule has 3 aromatic carbocycles. The van der Waals surface area contributed by atoms with Crippen LogP contribution in [0.4, 0.5) is 0 Å². The third-order valence-corrected chi connectivity index (χ3v) is 9.02. The largest absolute Gasteiger partial charge is 0.493 e. The number of methoxy groups -OCH3 is 2. The van der Waals surface area contributed by atoms with Gasteiger partial charge in [-0.25, -0.2) is 19.3 Å².